The second-order valence-corrected chi connectivity index (χ2v) is 6.77. The Hall–Kier alpha value is -1.51. The first-order valence-corrected chi connectivity index (χ1v) is 8.12. The molecule has 1 heterocycles. The Balaban J connectivity index is 1.83. The lowest BCUT2D eigenvalue weighted by Gasteiger charge is -2.05. The molecule has 2 aromatic carbocycles. The summed E-state index contributed by atoms with van der Waals surface area (Å²) in [5.41, 5.74) is 2.09. The molecule has 106 valence electrons. The van der Waals surface area contributed by atoms with Crippen molar-refractivity contribution in [2.45, 2.75) is 6.61 Å². The van der Waals surface area contributed by atoms with Gasteiger partial charge in [0.05, 0.1) is 16.8 Å². The number of benzene rings is 2. The highest BCUT2D eigenvalue weighted by molar-refractivity contribution is 14.1. The van der Waals surface area contributed by atoms with Crippen LogP contribution in [0.4, 0.5) is 5.69 Å². The SMILES string of the molecule is O=C(Nc1ccc2sc(CO)nc2c1)c1ccc(I)cc1. The first-order chi connectivity index (χ1) is 10.2. The number of carbonyl (C=O) groups excluding carboxylic acids is 1. The van der Waals surface area contributed by atoms with E-state index >= 15 is 0 Å². The van der Waals surface area contributed by atoms with E-state index in [1.54, 1.807) is 12.1 Å². The predicted molar refractivity (Wildman–Crippen MR) is 92.7 cm³/mol. The molecule has 0 spiro atoms. The van der Waals surface area contributed by atoms with E-state index in [0.717, 1.165) is 13.8 Å². The summed E-state index contributed by atoms with van der Waals surface area (Å²) >= 11 is 3.65. The first-order valence-electron chi connectivity index (χ1n) is 6.23. The zero-order chi connectivity index (χ0) is 14.8. The van der Waals surface area contributed by atoms with Crippen LogP contribution in [0.5, 0.6) is 0 Å². The van der Waals surface area contributed by atoms with Crippen LogP contribution in [-0.4, -0.2) is 16.0 Å². The van der Waals surface area contributed by atoms with Crippen LogP contribution in [-0.2, 0) is 6.61 Å². The Bertz CT molecular complexity index is 799. The number of amides is 1. The van der Waals surface area contributed by atoms with Crippen molar-refractivity contribution < 1.29 is 9.90 Å². The van der Waals surface area contributed by atoms with Gasteiger partial charge in [-0.05, 0) is 65.1 Å². The van der Waals surface area contributed by atoms with E-state index in [1.165, 1.54) is 11.3 Å². The summed E-state index contributed by atoms with van der Waals surface area (Å²) in [5, 5.41) is 12.6. The number of hydrogen-bond donors (Lipinski definition) is 2. The fraction of sp³-hybridized carbons (Fsp3) is 0.0667. The van der Waals surface area contributed by atoms with Gasteiger partial charge in [0, 0.05) is 14.8 Å². The Kier molecular flexibility index (Phi) is 4.18. The molecule has 0 radical (unpaired) electrons. The van der Waals surface area contributed by atoms with E-state index in [-0.39, 0.29) is 12.5 Å². The number of fused-ring (bicyclic) bond motifs is 1. The van der Waals surface area contributed by atoms with Gasteiger partial charge in [0.15, 0.2) is 0 Å². The lowest BCUT2D eigenvalue weighted by Crippen LogP contribution is -2.11. The van der Waals surface area contributed by atoms with Crippen molar-refractivity contribution in [2.75, 3.05) is 5.32 Å². The third-order valence-corrected chi connectivity index (χ3v) is 4.67. The number of rotatable bonds is 3. The number of aliphatic hydroxyl groups excluding tert-OH is 1. The van der Waals surface area contributed by atoms with Crippen LogP contribution >= 0.6 is 33.9 Å². The fourth-order valence-corrected chi connectivity index (χ4v) is 3.09. The van der Waals surface area contributed by atoms with Crippen molar-refractivity contribution in [2.24, 2.45) is 0 Å². The molecule has 6 heteroatoms. The van der Waals surface area contributed by atoms with E-state index < -0.39 is 0 Å². The van der Waals surface area contributed by atoms with Gasteiger partial charge in [0.1, 0.15) is 5.01 Å². The van der Waals surface area contributed by atoms with E-state index in [2.05, 4.69) is 32.9 Å². The second-order valence-electron chi connectivity index (χ2n) is 4.41. The highest BCUT2D eigenvalue weighted by Crippen LogP contribution is 2.25. The number of anilines is 1. The van der Waals surface area contributed by atoms with Crippen molar-refractivity contribution in [1.82, 2.24) is 4.98 Å². The topological polar surface area (TPSA) is 62.2 Å². The summed E-state index contributed by atoms with van der Waals surface area (Å²) in [6.07, 6.45) is 0. The minimum Gasteiger partial charge on any atom is -0.389 e. The lowest BCUT2D eigenvalue weighted by molar-refractivity contribution is 0.102. The second kappa shape index (κ2) is 6.08. The maximum Gasteiger partial charge on any atom is 0.255 e. The lowest BCUT2D eigenvalue weighted by atomic mass is 10.2. The van der Waals surface area contributed by atoms with Gasteiger partial charge in [-0.3, -0.25) is 4.79 Å². The zero-order valence-electron chi connectivity index (χ0n) is 10.8. The molecule has 3 rings (SSSR count). The molecule has 0 bridgehead atoms. The summed E-state index contributed by atoms with van der Waals surface area (Å²) in [7, 11) is 0. The molecular formula is C15H11IN2O2S. The van der Waals surface area contributed by atoms with Gasteiger partial charge >= 0.3 is 0 Å². The molecular weight excluding hydrogens is 399 g/mol. The van der Waals surface area contributed by atoms with Crippen molar-refractivity contribution in [3.63, 3.8) is 0 Å². The molecule has 4 nitrogen and oxygen atoms in total. The van der Waals surface area contributed by atoms with E-state index in [0.29, 0.717) is 16.3 Å². The standard InChI is InChI=1S/C15H11IN2O2S/c16-10-3-1-9(2-4-10)15(20)17-11-5-6-13-12(7-11)18-14(8-19)21-13/h1-7,19H,8H2,(H,17,20). The summed E-state index contributed by atoms with van der Waals surface area (Å²) in [5.74, 6) is -0.150. The molecule has 1 amide bonds. The molecule has 0 saturated carbocycles. The molecule has 0 atom stereocenters. The fourth-order valence-electron chi connectivity index (χ4n) is 1.93. The van der Waals surface area contributed by atoms with Crippen molar-refractivity contribution in [3.8, 4) is 0 Å². The van der Waals surface area contributed by atoms with E-state index in [4.69, 9.17) is 5.11 Å². The number of aromatic nitrogens is 1. The number of hydrogen-bond acceptors (Lipinski definition) is 4. The largest absolute Gasteiger partial charge is 0.389 e. The average molecular weight is 410 g/mol. The quantitative estimate of drug-likeness (QED) is 0.649. The number of nitrogens with zero attached hydrogens (tertiary/aromatic N) is 1. The zero-order valence-corrected chi connectivity index (χ0v) is 13.8. The highest BCUT2D eigenvalue weighted by atomic mass is 127. The van der Waals surface area contributed by atoms with Gasteiger partial charge in [0.25, 0.3) is 5.91 Å². The molecule has 3 aromatic rings. The maximum atomic E-state index is 12.2. The maximum absolute atomic E-state index is 12.2. The van der Waals surface area contributed by atoms with Crippen LogP contribution < -0.4 is 5.32 Å². The van der Waals surface area contributed by atoms with E-state index in [1.807, 2.05) is 30.3 Å². The molecule has 0 aliphatic carbocycles. The summed E-state index contributed by atoms with van der Waals surface area (Å²) in [4.78, 5) is 16.5. The van der Waals surface area contributed by atoms with Crippen molar-refractivity contribution in [1.29, 1.82) is 0 Å². The molecule has 21 heavy (non-hydrogen) atoms. The summed E-state index contributed by atoms with van der Waals surface area (Å²) in [6, 6.07) is 12.9. The number of halogens is 1. The number of carbonyl (C=O) groups is 1. The molecule has 0 fully saturated rings. The van der Waals surface area contributed by atoms with E-state index in [9.17, 15) is 4.79 Å². The van der Waals surface area contributed by atoms with Gasteiger partial charge in [-0.15, -0.1) is 11.3 Å². The van der Waals surface area contributed by atoms with Crippen LogP contribution in [0.2, 0.25) is 0 Å². The van der Waals surface area contributed by atoms with Gasteiger partial charge in [-0.1, -0.05) is 0 Å². The van der Waals surface area contributed by atoms with Gasteiger partial charge in [-0.25, -0.2) is 4.98 Å². The van der Waals surface area contributed by atoms with Crippen molar-refractivity contribution >= 4 is 55.7 Å². The first kappa shape index (κ1) is 14.4. The third kappa shape index (κ3) is 3.22. The molecule has 0 unspecified atom stereocenters. The van der Waals surface area contributed by atoms with Crippen LogP contribution in [0.3, 0.4) is 0 Å². The Labute approximate surface area is 139 Å². The van der Waals surface area contributed by atoms with Crippen LogP contribution in [0.25, 0.3) is 10.2 Å². The Morgan fingerprint density at radius 3 is 2.71 bits per heavy atom. The monoisotopic (exact) mass is 410 g/mol. The molecule has 2 N–H and O–H groups in total. The summed E-state index contributed by atoms with van der Waals surface area (Å²) in [6.45, 7) is -0.0658. The van der Waals surface area contributed by atoms with Crippen molar-refractivity contribution in [3.05, 3.63) is 56.6 Å². The molecule has 0 saturated heterocycles. The predicted octanol–water partition coefficient (Wildman–Crippen LogP) is 3.65. The van der Waals surface area contributed by atoms with Crippen LogP contribution in [0, 0.1) is 3.57 Å². The minimum absolute atomic E-state index is 0.0658. The Morgan fingerprint density at radius 1 is 1.24 bits per heavy atom. The average Bonchev–Trinajstić information content (AvgIpc) is 2.90. The van der Waals surface area contributed by atoms with Crippen LogP contribution in [0.1, 0.15) is 15.4 Å². The minimum atomic E-state index is -0.150. The van der Waals surface area contributed by atoms with Gasteiger partial charge in [-0.2, -0.15) is 0 Å². The number of aliphatic hydroxyl groups is 1. The molecule has 0 aliphatic heterocycles. The number of nitrogens with one attached hydrogen (secondary N) is 1. The molecule has 0 aliphatic rings. The highest BCUT2D eigenvalue weighted by Gasteiger charge is 2.08. The summed E-state index contributed by atoms with van der Waals surface area (Å²) < 4.78 is 2.08. The molecule has 1 aromatic heterocycles. The van der Waals surface area contributed by atoms with Gasteiger partial charge < -0.3 is 10.4 Å². The number of thiazole rings is 1. The third-order valence-electron chi connectivity index (χ3n) is 2.93. The normalized spacial score (nSPS) is 10.8. The van der Waals surface area contributed by atoms with Gasteiger partial charge in [0.2, 0.25) is 0 Å². The Morgan fingerprint density at radius 2 is 2.00 bits per heavy atom. The van der Waals surface area contributed by atoms with Crippen LogP contribution in [0.15, 0.2) is 42.5 Å². The smallest absolute Gasteiger partial charge is 0.255 e.